The second-order valence-corrected chi connectivity index (χ2v) is 6.49. The van der Waals surface area contributed by atoms with E-state index in [0.717, 1.165) is 45.9 Å². The molecule has 4 heteroatoms. The minimum atomic E-state index is 0.899. The first-order valence-electron chi connectivity index (χ1n) is 8.12. The molecule has 0 bridgehead atoms. The molecule has 0 spiro atoms. The fraction of sp³-hybridized carbons (Fsp3) is 0.150. The highest BCUT2D eigenvalue weighted by Gasteiger charge is 2.12. The van der Waals surface area contributed by atoms with Gasteiger partial charge in [-0.1, -0.05) is 43.3 Å². The largest absolute Gasteiger partial charge is 0.454 e. The summed E-state index contributed by atoms with van der Waals surface area (Å²) in [4.78, 5) is 5.80. The summed E-state index contributed by atoms with van der Waals surface area (Å²) in [6.07, 6.45) is 1.05. The molecule has 2 aromatic carbocycles. The molecule has 0 saturated carbocycles. The van der Waals surface area contributed by atoms with Crippen LogP contribution in [0.25, 0.3) is 22.4 Å². The Hall–Kier alpha value is -2.59. The summed E-state index contributed by atoms with van der Waals surface area (Å²) in [5, 5.41) is 3.26. The van der Waals surface area contributed by atoms with Crippen molar-refractivity contribution in [2.24, 2.45) is 4.99 Å². The summed E-state index contributed by atoms with van der Waals surface area (Å²) in [6, 6.07) is 20.3. The molecule has 4 rings (SSSR count). The van der Waals surface area contributed by atoms with Crippen molar-refractivity contribution in [1.29, 1.82) is 0 Å². The van der Waals surface area contributed by atoms with E-state index in [0.29, 0.717) is 0 Å². The normalized spacial score (nSPS) is 12.1. The van der Waals surface area contributed by atoms with Crippen molar-refractivity contribution < 1.29 is 4.42 Å². The SMILES string of the molecule is CCCn1c(-c2cc3ccccc3o2)csc1=Nc1ccccc1. The van der Waals surface area contributed by atoms with Crippen molar-refractivity contribution in [3.8, 4) is 11.5 Å². The van der Waals surface area contributed by atoms with E-state index < -0.39 is 0 Å². The molecule has 0 N–H and O–H groups in total. The maximum absolute atomic E-state index is 6.05. The quantitative estimate of drug-likeness (QED) is 0.477. The van der Waals surface area contributed by atoms with Crippen LogP contribution in [0.1, 0.15) is 13.3 Å². The Morgan fingerprint density at radius 1 is 1.04 bits per heavy atom. The Kier molecular flexibility index (Phi) is 4.05. The second-order valence-electron chi connectivity index (χ2n) is 5.65. The molecule has 120 valence electrons. The van der Waals surface area contributed by atoms with Gasteiger partial charge < -0.3 is 8.98 Å². The van der Waals surface area contributed by atoms with E-state index in [4.69, 9.17) is 9.41 Å². The second kappa shape index (κ2) is 6.49. The minimum absolute atomic E-state index is 0.899. The number of nitrogens with zero attached hydrogens (tertiary/aromatic N) is 2. The molecule has 0 saturated heterocycles. The van der Waals surface area contributed by atoms with Crippen molar-refractivity contribution in [2.75, 3.05) is 0 Å². The van der Waals surface area contributed by atoms with Crippen LogP contribution in [0.2, 0.25) is 0 Å². The lowest BCUT2D eigenvalue weighted by molar-refractivity contribution is 0.605. The molecular formula is C20H18N2OS. The van der Waals surface area contributed by atoms with Gasteiger partial charge >= 0.3 is 0 Å². The Bertz CT molecular complexity index is 991. The first-order chi connectivity index (χ1) is 11.8. The minimum Gasteiger partial charge on any atom is -0.454 e. The lowest BCUT2D eigenvalue weighted by Gasteiger charge is -2.05. The Balaban J connectivity index is 1.85. The van der Waals surface area contributed by atoms with E-state index in [1.54, 1.807) is 11.3 Å². The van der Waals surface area contributed by atoms with Gasteiger partial charge in [-0.3, -0.25) is 0 Å². The number of fused-ring (bicyclic) bond motifs is 1. The Morgan fingerprint density at radius 3 is 2.62 bits per heavy atom. The number of furan rings is 1. The molecule has 0 amide bonds. The highest BCUT2D eigenvalue weighted by Crippen LogP contribution is 2.28. The van der Waals surface area contributed by atoms with Crippen LogP contribution in [0.4, 0.5) is 5.69 Å². The van der Waals surface area contributed by atoms with Crippen LogP contribution < -0.4 is 4.80 Å². The first-order valence-corrected chi connectivity index (χ1v) is 9.00. The molecule has 0 radical (unpaired) electrons. The van der Waals surface area contributed by atoms with Crippen molar-refractivity contribution >= 4 is 28.0 Å². The number of hydrogen-bond donors (Lipinski definition) is 0. The van der Waals surface area contributed by atoms with Crippen LogP contribution in [0, 0.1) is 0 Å². The van der Waals surface area contributed by atoms with Gasteiger partial charge in [0.2, 0.25) is 0 Å². The maximum Gasteiger partial charge on any atom is 0.190 e. The predicted molar refractivity (Wildman–Crippen MR) is 99.5 cm³/mol. The van der Waals surface area contributed by atoms with Crippen molar-refractivity contribution in [2.45, 2.75) is 19.9 Å². The van der Waals surface area contributed by atoms with E-state index in [1.807, 2.05) is 48.5 Å². The van der Waals surface area contributed by atoms with Gasteiger partial charge in [-0.05, 0) is 30.7 Å². The number of aromatic nitrogens is 1. The Morgan fingerprint density at radius 2 is 1.83 bits per heavy atom. The lowest BCUT2D eigenvalue weighted by Crippen LogP contribution is -2.15. The summed E-state index contributed by atoms with van der Waals surface area (Å²) in [6.45, 7) is 3.10. The zero-order chi connectivity index (χ0) is 16.4. The molecular weight excluding hydrogens is 316 g/mol. The third-order valence-electron chi connectivity index (χ3n) is 3.90. The summed E-state index contributed by atoms with van der Waals surface area (Å²) >= 11 is 1.65. The van der Waals surface area contributed by atoms with Gasteiger partial charge in [0.25, 0.3) is 0 Å². The van der Waals surface area contributed by atoms with Gasteiger partial charge in [0.05, 0.1) is 11.4 Å². The molecule has 0 unspecified atom stereocenters. The van der Waals surface area contributed by atoms with Gasteiger partial charge in [-0.2, -0.15) is 0 Å². The fourth-order valence-corrected chi connectivity index (χ4v) is 3.71. The highest BCUT2D eigenvalue weighted by atomic mass is 32.1. The molecule has 2 aromatic heterocycles. The van der Waals surface area contributed by atoms with Crippen LogP contribution in [0.3, 0.4) is 0 Å². The number of thiazole rings is 1. The van der Waals surface area contributed by atoms with E-state index in [2.05, 4.69) is 29.0 Å². The van der Waals surface area contributed by atoms with Crippen LogP contribution in [0.5, 0.6) is 0 Å². The van der Waals surface area contributed by atoms with Gasteiger partial charge in [0, 0.05) is 17.3 Å². The summed E-state index contributed by atoms with van der Waals surface area (Å²) in [5.74, 6) is 0.899. The number of para-hydroxylation sites is 2. The third kappa shape index (κ3) is 2.81. The molecule has 0 aliphatic heterocycles. The van der Waals surface area contributed by atoms with Crippen LogP contribution >= 0.6 is 11.3 Å². The molecule has 4 aromatic rings. The van der Waals surface area contributed by atoms with E-state index in [-0.39, 0.29) is 0 Å². The van der Waals surface area contributed by atoms with Gasteiger partial charge in [-0.15, -0.1) is 11.3 Å². The third-order valence-corrected chi connectivity index (χ3v) is 4.77. The van der Waals surface area contributed by atoms with Gasteiger partial charge in [0.1, 0.15) is 5.58 Å². The first kappa shape index (κ1) is 15.0. The zero-order valence-corrected chi connectivity index (χ0v) is 14.3. The number of hydrogen-bond acceptors (Lipinski definition) is 3. The van der Waals surface area contributed by atoms with Crippen molar-refractivity contribution in [3.05, 3.63) is 70.8 Å². The number of rotatable bonds is 4. The fourth-order valence-electron chi connectivity index (χ4n) is 2.78. The summed E-state index contributed by atoms with van der Waals surface area (Å²) in [7, 11) is 0. The standard InChI is InChI=1S/C20H18N2OS/c1-2-12-22-17(19-13-15-8-6-7-11-18(15)23-19)14-24-20(22)21-16-9-4-3-5-10-16/h3-11,13-14H,2,12H2,1H3. The van der Waals surface area contributed by atoms with Gasteiger partial charge in [-0.25, -0.2) is 4.99 Å². The van der Waals surface area contributed by atoms with Crippen LogP contribution in [-0.4, -0.2) is 4.57 Å². The zero-order valence-electron chi connectivity index (χ0n) is 13.5. The lowest BCUT2D eigenvalue weighted by atomic mass is 10.2. The molecule has 0 aliphatic rings. The number of benzene rings is 2. The molecule has 0 fully saturated rings. The molecule has 0 atom stereocenters. The summed E-state index contributed by atoms with van der Waals surface area (Å²) in [5.41, 5.74) is 2.98. The van der Waals surface area contributed by atoms with E-state index >= 15 is 0 Å². The summed E-state index contributed by atoms with van der Waals surface area (Å²) < 4.78 is 8.29. The molecule has 24 heavy (non-hydrogen) atoms. The Labute approximate surface area is 144 Å². The topological polar surface area (TPSA) is 30.4 Å². The average molecular weight is 334 g/mol. The van der Waals surface area contributed by atoms with Crippen molar-refractivity contribution in [1.82, 2.24) is 4.57 Å². The smallest absolute Gasteiger partial charge is 0.190 e. The van der Waals surface area contributed by atoms with Gasteiger partial charge in [0.15, 0.2) is 10.6 Å². The van der Waals surface area contributed by atoms with E-state index in [9.17, 15) is 0 Å². The van der Waals surface area contributed by atoms with E-state index in [1.165, 1.54) is 0 Å². The molecule has 2 heterocycles. The van der Waals surface area contributed by atoms with Crippen molar-refractivity contribution in [3.63, 3.8) is 0 Å². The maximum atomic E-state index is 6.05. The molecule has 3 nitrogen and oxygen atoms in total. The molecule has 0 aliphatic carbocycles. The predicted octanol–water partition coefficient (Wildman–Crippen LogP) is 5.61. The highest BCUT2D eigenvalue weighted by molar-refractivity contribution is 7.07. The average Bonchev–Trinajstić information content (AvgIpc) is 3.20. The van der Waals surface area contributed by atoms with Crippen LogP contribution in [0.15, 0.2) is 75.5 Å². The monoisotopic (exact) mass is 334 g/mol. The van der Waals surface area contributed by atoms with Crippen LogP contribution in [-0.2, 0) is 6.54 Å².